The van der Waals surface area contributed by atoms with Crippen LogP contribution in [0.1, 0.15) is 21.5 Å². The number of carbonyl (C=O) groups excluding carboxylic acids is 1. The average Bonchev–Trinajstić information content (AvgIpc) is 2.61. The first-order chi connectivity index (χ1) is 12.0. The molecule has 25 heavy (non-hydrogen) atoms. The van der Waals surface area contributed by atoms with Crippen LogP contribution in [0, 0.1) is 6.92 Å². The Balaban J connectivity index is 1.97. The highest BCUT2D eigenvalue weighted by atomic mass is 35.5. The maximum atomic E-state index is 11.8. The number of fused-ring (bicyclic) bond motifs is 1. The van der Waals surface area contributed by atoms with Gasteiger partial charge >= 0.3 is 5.63 Å². The topological polar surface area (TPSA) is 65.7 Å². The smallest absolute Gasteiger partial charge is 0.336 e. The fourth-order valence-electron chi connectivity index (χ4n) is 2.50. The predicted molar refractivity (Wildman–Crippen MR) is 94.9 cm³/mol. The molecule has 0 saturated heterocycles. The van der Waals surface area contributed by atoms with E-state index in [2.05, 4.69) is 0 Å². The van der Waals surface area contributed by atoms with Gasteiger partial charge in [-0.1, -0.05) is 11.6 Å². The number of aldehydes is 1. The Hall–Kier alpha value is -2.79. The van der Waals surface area contributed by atoms with Gasteiger partial charge in [0, 0.05) is 22.0 Å². The minimum absolute atomic E-state index is 0.0919. The van der Waals surface area contributed by atoms with Crippen LogP contribution in [0.2, 0.25) is 5.02 Å². The standard InChI is InChI=1S/C19H15ClO5/c1-11-5-18-15(8-16(11)20)13(7-19(22)25-18)10-24-17-4-3-14(23-2)6-12(17)9-21/h3-9H,10H2,1-2H3. The molecule has 0 fully saturated rings. The van der Waals surface area contributed by atoms with Crippen LogP contribution in [-0.4, -0.2) is 13.4 Å². The van der Waals surface area contributed by atoms with Gasteiger partial charge in [-0.25, -0.2) is 4.79 Å². The van der Waals surface area contributed by atoms with Crippen molar-refractivity contribution in [1.29, 1.82) is 0 Å². The Kier molecular flexibility index (Phi) is 4.76. The molecule has 0 bridgehead atoms. The van der Waals surface area contributed by atoms with Crippen molar-refractivity contribution in [1.82, 2.24) is 0 Å². The van der Waals surface area contributed by atoms with Crippen molar-refractivity contribution >= 4 is 28.9 Å². The molecular formula is C19H15ClO5. The Labute approximate surface area is 148 Å². The van der Waals surface area contributed by atoms with Crippen molar-refractivity contribution in [3.8, 4) is 11.5 Å². The lowest BCUT2D eigenvalue weighted by molar-refractivity contribution is 0.111. The number of benzene rings is 2. The van der Waals surface area contributed by atoms with Crippen LogP contribution in [-0.2, 0) is 6.61 Å². The minimum atomic E-state index is -0.474. The zero-order chi connectivity index (χ0) is 18.0. The van der Waals surface area contributed by atoms with E-state index in [9.17, 15) is 9.59 Å². The van der Waals surface area contributed by atoms with Gasteiger partial charge in [0.05, 0.1) is 12.7 Å². The van der Waals surface area contributed by atoms with E-state index < -0.39 is 5.63 Å². The fourth-order valence-corrected chi connectivity index (χ4v) is 2.66. The van der Waals surface area contributed by atoms with Crippen LogP contribution in [0.5, 0.6) is 11.5 Å². The summed E-state index contributed by atoms with van der Waals surface area (Å²) in [5, 5.41) is 1.26. The molecular weight excluding hydrogens is 344 g/mol. The maximum absolute atomic E-state index is 11.8. The Morgan fingerprint density at radius 2 is 2.00 bits per heavy atom. The van der Waals surface area contributed by atoms with Crippen LogP contribution < -0.4 is 15.1 Å². The summed E-state index contributed by atoms with van der Waals surface area (Å²) < 4.78 is 16.0. The number of methoxy groups -OCH3 is 1. The molecule has 5 nitrogen and oxygen atoms in total. The molecule has 0 amide bonds. The molecule has 3 aromatic rings. The first-order valence-electron chi connectivity index (χ1n) is 7.50. The highest BCUT2D eigenvalue weighted by molar-refractivity contribution is 6.32. The van der Waals surface area contributed by atoms with Crippen molar-refractivity contribution in [2.45, 2.75) is 13.5 Å². The largest absolute Gasteiger partial charge is 0.497 e. The van der Waals surface area contributed by atoms with Crippen LogP contribution >= 0.6 is 11.6 Å². The highest BCUT2D eigenvalue weighted by Gasteiger charge is 2.11. The van der Waals surface area contributed by atoms with Gasteiger partial charge in [0.2, 0.25) is 0 Å². The summed E-state index contributed by atoms with van der Waals surface area (Å²) in [6, 6.07) is 9.74. The molecule has 1 aromatic heterocycles. The second kappa shape index (κ2) is 6.99. The number of hydrogen-bond donors (Lipinski definition) is 0. The molecule has 0 atom stereocenters. The zero-order valence-electron chi connectivity index (χ0n) is 13.7. The van der Waals surface area contributed by atoms with E-state index in [0.29, 0.717) is 44.9 Å². The van der Waals surface area contributed by atoms with E-state index in [1.165, 1.54) is 13.2 Å². The average molecular weight is 359 g/mol. The molecule has 0 unspecified atom stereocenters. The summed E-state index contributed by atoms with van der Waals surface area (Å²) in [7, 11) is 1.52. The van der Waals surface area contributed by atoms with E-state index in [4.69, 9.17) is 25.5 Å². The van der Waals surface area contributed by atoms with Gasteiger partial charge in [-0.2, -0.15) is 0 Å². The van der Waals surface area contributed by atoms with Crippen molar-refractivity contribution in [2.24, 2.45) is 0 Å². The third kappa shape index (κ3) is 3.51. The van der Waals surface area contributed by atoms with Crippen molar-refractivity contribution in [3.05, 3.63) is 68.5 Å². The predicted octanol–water partition coefficient (Wildman–Crippen LogP) is 4.15. The molecule has 1 heterocycles. The van der Waals surface area contributed by atoms with Crippen LogP contribution in [0.3, 0.4) is 0 Å². The molecule has 0 aliphatic carbocycles. The van der Waals surface area contributed by atoms with Gasteiger partial charge in [0.1, 0.15) is 23.7 Å². The van der Waals surface area contributed by atoms with E-state index in [1.54, 1.807) is 30.3 Å². The zero-order valence-corrected chi connectivity index (χ0v) is 14.4. The first kappa shape index (κ1) is 17.0. The molecule has 6 heteroatoms. The lowest BCUT2D eigenvalue weighted by atomic mass is 10.1. The van der Waals surface area contributed by atoms with Crippen molar-refractivity contribution in [3.63, 3.8) is 0 Å². The van der Waals surface area contributed by atoms with Crippen LogP contribution in [0.15, 0.2) is 45.6 Å². The molecule has 0 saturated carbocycles. The SMILES string of the molecule is COc1ccc(OCc2cc(=O)oc3cc(C)c(Cl)cc23)c(C=O)c1. The monoisotopic (exact) mass is 358 g/mol. The molecule has 0 spiro atoms. The van der Waals surface area contributed by atoms with Crippen LogP contribution in [0.25, 0.3) is 11.0 Å². The first-order valence-corrected chi connectivity index (χ1v) is 7.88. The number of halogens is 1. The number of rotatable bonds is 5. The summed E-state index contributed by atoms with van der Waals surface area (Å²) in [6.07, 6.45) is 0.690. The fraction of sp³-hybridized carbons (Fsp3) is 0.158. The van der Waals surface area contributed by atoms with Crippen LogP contribution in [0.4, 0.5) is 0 Å². The Morgan fingerprint density at radius 1 is 1.20 bits per heavy atom. The third-order valence-corrected chi connectivity index (χ3v) is 4.24. The molecule has 0 radical (unpaired) electrons. The van der Waals surface area contributed by atoms with Gasteiger partial charge in [-0.3, -0.25) is 4.79 Å². The van der Waals surface area contributed by atoms with E-state index in [1.807, 2.05) is 6.92 Å². The summed E-state index contributed by atoms with van der Waals surface area (Å²) >= 11 is 6.18. The summed E-state index contributed by atoms with van der Waals surface area (Å²) in [4.78, 5) is 23.0. The van der Waals surface area contributed by atoms with Gasteiger partial charge < -0.3 is 13.9 Å². The molecule has 0 aliphatic rings. The third-order valence-electron chi connectivity index (χ3n) is 3.84. The lowest BCUT2D eigenvalue weighted by Gasteiger charge is -2.11. The second-order valence-electron chi connectivity index (χ2n) is 5.50. The number of carbonyl (C=O) groups is 1. The van der Waals surface area contributed by atoms with Gasteiger partial charge in [-0.15, -0.1) is 0 Å². The molecule has 0 N–H and O–H groups in total. The number of aryl methyl sites for hydroxylation is 1. The lowest BCUT2D eigenvalue weighted by Crippen LogP contribution is -2.05. The van der Waals surface area contributed by atoms with E-state index in [-0.39, 0.29) is 6.61 Å². The normalized spacial score (nSPS) is 10.7. The van der Waals surface area contributed by atoms with Crippen molar-refractivity contribution < 1.29 is 18.7 Å². The number of hydrogen-bond acceptors (Lipinski definition) is 5. The van der Waals surface area contributed by atoms with Gasteiger partial charge in [-0.05, 0) is 42.8 Å². The highest BCUT2D eigenvalue weighted by Crippen LogP contribution is 2.27. The number of ether oxygens (including phenoxy) is 2. The van der Waals surface area contributed by atoms with Crippen molar-refractivity contribution in [2.75, 3.05) is 7.11 Å². The van der Waals surface area contributed by atoms with Gasteiger partial charge in [0.25, 0.3) is 0 Å². The maximum Gasteiger partial charge on any atom is 0.336 e. The summed E-state index contributed by atoms with van der Waals surface area (Å²) in [6.45, 7) is 1.92. The second-order valence-corrected chi connectivity index (χ2v) is 5.91. The molecule has 2 aromatic carbocycles. The molecule has 3 rings (SSSR count). The van der Waals surface area contributed by atoms with E-state index in [0.717, 1.165) is 5.56 Å². The molecule has 0 aliphatic heterocycles. The summed E-state index contributed by atoms with van der Waals surface area (Å²) in [5.74, 6) is 0.956. The van der Waals surface area contributed by atoms with Gasteiger partial charge in [0.15, 0.2) is 6.29 Å². The quantitative estimate of drug-likeness (QED) is 0.506. The Bertz CT molecular complexity index is 1010. The Morgan fingerprint density at radius 3 is 2.72 bits per heavy atom. The minimum Gasteiger partial charge on any atom is -0.497 e. The van der Waals surface area contributed by atoms with E-state index >= 15 is 0 Å². The molecule has 128 valence electrons. The summed E-state index contributed by atoms with van der Waals surface area (Å²) in [5.41, 5.74) is 1.77.